The lowest BCUT2D eigenvalue weighted by molar-refractivity contribution is -0.384. The first-order valence-electron chi connectivity index (χ1n) is 6.87. The van der Waals surface area contributed by atoms with Gasteiger partial charge < -0.3 is 5.32 Å². The van der Waals surface area contributed by atoms with E-state index in [2.05, 4.69) is 42.5 Å². The Kier molecular flexibility index (Phi) is 4.26. The molecule has 21 heavy (non-hydrogen) atoms. The fraction of sp³-hybridized carbons (Fsp3) is 0.400. The lowest BCUT2D eigenvalue weighted by Gasteiger charge is -2.08. The van der Waals surface area contributed by atoms with Crippen LogP contribution in [0.5, 0.6) is 0 Å². The van der Waals surface area contributed by atoms with E-state index in [4.69, 9.17) is 0 Å². The van der Waals surface area contributed by atoms with Crippen LogP contribution < -0.4 is 5.32 Å². The number of hydrogen-bond acceptors (Lipinski definition) is 4. The van der Waals surface area contributed by atoms with Crippen molar-refractivity contribution < 1.29 is 4.92 Å². The highest BCUT2D eigenvalue weighted by Gasteiger charge is 2.23. The zero-order valence-corrected chi connectivity index (χ0v) is 12.8. The van der Waals surface area contributed by atoms with E-state index in [-0.39, 0.29) is 10.6 Å². The summed E-state index contributed by atoms with van der Waals surface area (Å²) in [6.45, 7) is 6.41. The average molecular weight is 288 g/mol. The van der Waals surface area contributed by atoms with E-state index >= 15 is 0 Å². The van der Waals surface area contributed by atoms with Gasteiger partial charge in [0.1, 0.15) is 5.69 Å². The van der Waals surface area contributed by atoms with E-state index in [0.29, 0.717) is 18.1 Å². The molecule has 0 fully saturated rings. The molecule has 6 nitrogen and oxygen atoms in total. The van der Waals surface area contributed by atoms with Crippen LogP contribution in [0.4, 0.5) is 11.5 Å². The van der Waals surface area contributed by atoms with Crippen molar-refractivity contribution in [3.63, 3.8) is 0 Å². The summed E-state index contributed by atoms with van der Waals surface area (Å²) in [5.74, 6) is 0.460. The predicted octanol–water partition coefficient (Wildman–Crippen LogP) is 2.91. The first-order valence-corrected chi connectivity index (χ1v) is 6.87. The number of nitrogens with zero attached hydrogens (tertiary/aromatic N) is 3. The first kappa shape index (κ1) is 15.0. The summed E-state index contributed by atoms with van der Waals surface area (Å²) in [5.41, 5.74) is 4.16. The standard InChI is InChI=1S/C15H20N4O2/c1-10-7-11(2)9-13(8-10)5-6-16-15-14(19(20)21)12(3)17-18(15)4/h7-9,16H,5-6H2,1-4H3. The zero-order chi connectivity index (χ0) is 15.6. The Hall–Kier alpha value is -2.37. The molecule has 0 aliphatic heterocycles. The molecule has 0 amide bonds. The second-order valence-corrected chi connectivity index (χ2v) is 5.34. The number of anilines is 1. The molecule has 1 aromatic carbocycles. The third kappa shape index (κ3) is 3.39. The summed E-state index contributed by atoms with van der Waals surface area (Å²) in [6, 6.07) is 6.40. The van der Waals surface area contributed by atoms with Crippen LogP contribution in [0, 0.1) is 30.9 Å². The van der Waals surface area contributed by atoms with Crippen molar-refractivity contribution in [2.45, 2.75) is 27.2 Å². The van der Waals surface area contributed by atoms with Gasteiger partial charge in [0, 0.05) is 13.6 Å². The Morgan fingerprint density at radius 2 is 1.86 bits per heavy atom. The van der Waals surface area contributed by atoms with Crippen molar-refractivity contribution >= 4 is 11.5 Å². The van der Waals surface area contributed by atoms with Crippen molar-refractivity contribution in [1.82, 2.24) is 9.78 Å². The molecule has 0 bridgehead atoms. The fourth-order valence-corrected chi connectivity index (χ4v) is 2.60. The summed E-state index contributed by atoms with van der Waals surface area (Å²) >= 11 is 0. The molecule has 1 heterocycles. The molecule has 2 aromatic rings. The number of hydrogen-bond donors (Lipinski definition) is 1. The van der Waals surface area contributed by atoms with Crippen LogP contribution >= 0.6 is 0 Å². The molecule has 0 radical (unpaired) electrons. The van der Waals surface area contributed by atoms with E-state index in [1.54, 1.807) is 14.0 Å². The van der Waals surface area contributed by atoms with Crippen LogP contribution in [0.2, 0.25) is 0 Å². The SMILES string of the molecule is Cc1cc(C)cc(CCNc2c([N+](=O)[O-])c(C)nn2C)c1. The van der Waals surface area contributed by atoms with Gasteiger partial charge in [-0.25, -0.2) is 4.68 Å². The highest BCUT2D eigenvalue weighted by molar-refractivity contribution is 5.59. The minimum absolute atomic E-state index is 0.0536. The van der Waals surface area contributed by atoms with Crippen molar-refractivity contribution in [2.75, 3.05) is 11.9 Å². The Bertz CT molecular complexity index is 656. The highest BCUT2D eigenvalue weighted by atomic mass is 16.6. The minimum Gasteiger partial charge on any atom is -0.364 e. The van der Waals surface area contributed by atoms with Crippen LogP contribution in [-0.2, 0) is 13.5 Å². The molecule has 0 unspecified atom stereocenters. The molecular weight excluding hydrogens is 268 g/mol. The van der Waals surface area contributed by atoms with Crippen molar-refractivity contribution in [3.05, 3.63) is 50.7 Å². The molecule has 0 atom stereocenters. The minimum atomic E-state index is -0.387. The summed E-state index contributed by atoms with van der Waals surface area (Å²) in [7, 11) is 1.71. The number of rotatable bonds is 5. The van der Waals surface area contributed by atoms with Crippen LogP contribution in [-0.4, -0.2) is 21.2 Å². The smallest absolute Gasteiger partial charge is 0.333 e. The van der Waals surface area contributed by atoms with Gasteiger partial charge in [-0.1, -0.05) is 29.3 Å². The lowest BCUT2D eigenvalue weighted by Crippen LogP contribution is -2.10. The number of nitrogens with one attached hydrogen (secondary N) is 1. The van der Waals surface area contributed by atoms with Crippen LogP contribution in [0.3, 0.4) is 0 Å². The topological polar surface area (TPSA) is 73.0 Å². The molecule has 6 heteroatoms. The molecule has 1 aromatic heterocycles. The molecule has 0 saturated heterocycles. The van der Waals surface area contributed by atoms with Crippen LogP contribution in [0.15, 0.2) is 18.2 Å². The fourth-order valence-electron chi connectivity index (χ4n) is 2.60. The third-order valence-electron chi connectivity index (χ3n) is 3.36. The maximum absolute atomic E-state index is 11.1. The number of aromatic nitrogens is 2. The molecule has 0 spiro atoms. The summed E-state index contributed by atoms with van der Waals surface area (Å²) < 4.78 is 1.52. The Morgan fingerprint density at radius 3 is 2.43 bits per heavy atom. The summed E-state index contributed by atoms with van der Waals surface area (Å²) in [6.07, 6.45) is 0.809. The van der Waals surface area contributed by atoms with Crippen molar-refractivity contribution in [3.8, 4) is 0 Å². The average Bonchev–Trinajstić information content (AvgIpc) is 2.63. The maximum Gasteiger partial charge on any atom is 0.333 e. The van der Waals surface area contributed by atoms with Gasteiger partial charge in [0.15, 0.2) is 0 Å². The molecule has 0 aliphatic rings. The molecule has 1 N–H and O–H groups in total. The molecule has 2 rings (SSSR count). The van der Waals surface area contributed by atoms with E-state index in [0.717, 1.165) is 6.42 Å². The normalized spacial score (nSPS) is 10.7. The van der Waals surface area contributed by atoms with Gasteiger partial charge in [-0.3, -0.25) is 10.1 Å². The second-order valence-electron chi connectivity index (χ2n) is 5.34. The van der Waals surface area contributed by atoms with E-state index in [1.165, 1.54) is 21.4 Å². The Labute approximate surface area is 123 Å². The Balaban J connectivity index is 2.09. The van der Waals surface area contributed by atoms with Gasteiger partial charge in [-0.05, 0) is 32.8 Å². The highest BCUT2D eigenvalue weighted by Crippen LogP contribution is 2.27. The van der Waals surface area contributed by atoms with E-state index in [9.17, 15) is 10.1 Å². The molecule has 0 aliphatic carbocycles. The largest absolute Gasteiger partial charge is 0.364 e. The quantitative estimate of drug-likeness (QED) is 0.678. The number of aryl methyl sites for hydroxylation is 4. The van der Waals surface area contributed by atoms with Gasteiger partial charge in [0.2, 0.25) is 5.82 Å². The maximum atomic E-state index is 11.1. The summed E-state index contributed by atoms with van der Waals surface area (Å²) in [4.78, 5) is 10.7. The van der Waals surface area contributed by atoms with E-state index in [1.807, 2.05) is 0 Å². The lowest BCUT2D eigenvalue weighted by atomic mass is 10.1. The Morgan fingerprint density at radius 1 is 1.24 bits per heavy atom. The van der Waals surface area contributed by atoms with Gasteiger partial charge >= 0.3 is 5.69 Å². The van der Waals surface area contributed by atoms with Gasteiger partial charge in [0.05, 0.1) is 4.92 Å². The van der Waals surface area contributed by atoms with Crippen LogP contribution in [0.1, 0.15) is 22.4 Å². The molecule has 0 saturated carbocycles. The molecule has 112 valence electrons. The van der Waals surface area contributed by atoms with Gasteiger partial charge in [0.25, 0.3) is 0 Å². The van der Waals surface area contributed by atoms with E-state index < -0.39 is 0 Å². The number of nitro groups is 1. The van der Waals surface area contributed by atoms with Gasteiger partial charge in [-0.2, -0.15) is 5.10 Å². The summed E-state index contributed by atoms with van der Waals surface area (Å²) in [5, 5.41) is 18.3. The van der Waals surface area contributed by atoms with Crippen molar-refractivity contribution in [2.24, 2.45) is 7.05 Å². The van der Waals surface area contributed by atoms with Crippen LogP contribution in [0.25, 0.3) is 0 Å². The molecular formula is C15H20N4O2. The zero-order valence-electron chi connectivity index (χ0n) is 12.8. The predicted molar refractivity (Wildman–Crippen MR) is 82.7 cm³/mol. The van der Waals surface area contributed by atoms with Crippen molar-refractivity contribution in [1.29, 1.82) is 0 Å². The third-order valence-corrected chi connectivity index (χ3v) is 3.36. The monoisotopic (exact) mass is 288 g/mol. The second kappa shape index (κ2) is 5.95. The number of benzene rings is 1. The first-order chi connectivity index (χ1) is 9.88. The van der Waals surface area contributed by atoms with Gasteiger partial charge in [-0.15, -0.1) is 0 Å².